The average Bonchev–Trinajstić information content (AvgIpc) is 3.20. The van der Waals surface area contributed by atoms with Crippen LogP contribution in [-0.2, 0) is 20.4 Å². The van der Waals surface area contributed by atoms with E-state index in [0.717, 1.165) is 4.31 Å². The third kappa shape index (κ3) is 4.81. The number of carbonyl (C=O) groups is 1. The summed E-state index contributed by atoms with van der Waals surface area (Å²) >= 11 is 12.9. The first-order chi connectivity index (χ1) is 18.6. The smallest absolute Gasteiger partial charge is 0.265 e. The molecule has 208 valence electrons. The summed E-state index contributed by atoms with van der Waals surface area (Å²) in [6.07, 6.45) is 0. The van der Waals surface area contributed by atoms with E-state index in [1.54, 1.807) is 31.2 Å². The number of nitrogens with two attached hydrogens (primary N) is 1. The van der Waals surface area contributed by atoms with Crippen molar-refractivity contribution in [3.63, 3.8) is 0 Å². The van der Waals surface area contributed by atoms with Gasteiger partial charge in [-0.1, -0.05) is 41.4 Å². The molecule has 1 aliphatic rings. The summed E-state index contributed by atoms with van der Waals surface area (Å²) in [7, 11) is -1.68. The Hall–Kier alpha value is -3.02. The minimum Gasteiger partial charge on any atom is -0.493 e. The minimum atomic E-state index is -4.49. The number of halogens is 2. The van der Waals surface area contributed by atoms with E-state index in [9.17, 15) is 18.3 Å². The Morgan fingerprint density at radius 1 is 1.05 bits per heavy atom. The van der Waals surface area contributed by atoms with E-state index in [4.69, 9.17) is 38.4 Å². The van der Waals surface area contributed by atoms with E-state index in [-0.39, 0.29) is 57.1 Å². The van der Waals surface area contributed by atoms with Crippen molar-refractivity contribution in [2.75, 3.05) is 38.2 Å². The first-order valence-corrected chi connectivity index (χ1v) is 14.3. The Morgan fingerprint density at radius 3 is 2.36 bits per heavy atom. The Balaban J connectivity index is 2.06. The van der Waals surface area contributed by atoms with Crippen LogP contribution in [0.25, 0.3) is 0 Å². The highest BCUT2D eigenvalue weighted by atomic mass is 35.5. The van der Waals surface area contributed by atoms with Crippen LogP contribution in [0.15, 0.2) is 65.6 Å². The molecule has 0 aromatic heterocycles. The summed E-state index contributed by atoms with van der Waals surface area (Å²) < 4.78 is 40.3. The number of anilines is 1. The number of aliphatic hydroxyl groups is 1. The number of amides is 1. The molecule has 0 radical (unpaired) electrons. The molecule has 0 fully saturated rings. The second-order valence-corrected chi connectivity index (χ2v) is 11.5. The summed E-state index contributed by atoms with van der Waals surface area (Å²) in [6, 6.07) is 13.3. The van der Waals surface area contributed by atoms with Crippen molar-refractivity contribution in [3.8, 4) is 11.5 Å². The number of hydrogen-bond donors (Lipinski definition) is 2. The van der Waals surface area contributed by atoms with Crippen LogP contribution < -0.4 is 19.5 Å². The summed E-state index contributed by atoms with van der Waals surface area (Å²) in [5.74, 6) is -0.149. The molecule has 2 atom stereocenters. The maximum atomic E-state index is 14.4. The van der Waals surface area contributed by atoms with Crippen LogP contribution in [0.3, 0.4) is 0 Å². The van der Waals surface area contributed by atoms with Crippen LogP contribution in [0.4, 0.5) is 5.69 Å². The fourth-order valence-corrected chi connectivity index (χ4v) is 7.03. The molecule has 0 saturated carbocycles. The molecule has 3 N–H and O–H groups in total. The van der Waals surface area contributed by atoms with E-state index in [1.807, 2.05) is 0 Å². The van der Waals surface area contributed by atoms with Crippen LogP contribution >= 0.6 is 23.2 Å². The monoisotopic (exact) mass is 593 g/mol. The summed E-state index contributed by atoms with van der Waals surface area (Å²) in [6.45, 7) is 2.25. The van der Waals surface area contributed by atoms with Crippen molar-refractivity contribution in [2.24, 2.45) is 5.73 Å². The first-order valence-electron chi connectivity index (χ1n) is 12.1. The van der Waals surface area contributed by atoms with Gasteiger partial charge in [0, 0.05) is 46.9 Å². The van der Waals surface area contributed by atoms with Gasteiger partial charge in [0.05, 0.1) is 24.8 Å². The summed E-state index contributed by atoms with van der Waals surface area (Å²) in [5, 5.41) is 12.9. The first kappa shape index (κ1) is 29.0. The number of carbonyl (C=O) groups excluding carboxylic acids is 1. The van der Waals surface area contributed by atoms with Crippen LogP contribution in [0.2, 0.25) is 10.0 Å². The van der Waals surface area contributed by atoms with E-state index >= 15 is 0 Å². The lowest BCUT2D eigenvalue weighted by Gasteiger charge is -2.37. The fraction of sp³-hybridized carbons (Fsp3) is 0.296. The quantitative estimate of drug-likeness (QED) is 0.388. The third-order valence-corrected chi connectivity index (χ3v) is 9.10. The maximum Gasteiger partial charge on any atom is 0.265 e. The molecular formula is C27H29Cl2N3O6S. The van der Waals surface area contributed by atoms with Gasteiger partial charge in [-0.3, -0.25) is 4.79 Å². The summed E-state index contributed by atoms with van der Waals surface area (Å²) in [4.78, 5) is 15.4. The topological polar surface area (TPSA) is 122 Å². The van der Waals surface area contributed by atoms with Gasteiger partial charge in [0.25, 0.3) is 10.0 Å². The molecule has 9 nitrogen and oxygen atoms in total. The molecule has 0 aliphatic carbocycles. The van der Waals surface area contributed by atoms with Gasteiger partial charge in [0.2, 0.25) is 5.91 Å². The highest BCUT2D eigenvalue weighted by molar-refractivity contribution is 7.93. The SMILES string of the molecule is CCN(CCN)C(=O)C1N(S(=O)(=O)c2ccc(OC)c(OC)c2)c2ccc(Cl)cc2C1(O)c1ccccc1Cl. The van der Waals surface area contributed by atoms with Crippen molar-refractivity contribution in [3.05, 3.63) is 81.8 Å². The van der Waals surface area contributed by atoms with Crippen LogP contribution in [-0.4, -0.2) is 64.2 Å². The zero-order valence-corrected chi connectivity index (χ0v) is 23.9. The molecule has 4 rings (SSSR count). The predicted molar refractivity (Wildman–Crippen MR) is 150 cm³/mol. The Kier molecular flexibility index (Phi) is 8.34. The minimum absolute atomic E-state index is 0.0822. The van der Waals surface area contributed by atoms with Crippen LogP contribution in [0.1, 0.15) is 18.1 Å². The predicted octanol–water partition coefficient (Wildman–Crippen LogP) is 3.63. The molecule has 39 heavy (non-hydrogen) atoms. The van der Waals surface area contributed by atoms with Gasteiger partial charge in [-0.15, -0.1) is 0 Å². The van der Waals surface area contributed by atoms with Gasteiger partial charge in [-0.05, 0) is 43.3 Å². The number of likely N-dealkylation sites (N-methyl/N-ethyl adjacent to an activating group) is 1. The van der Waals surface area contributed by atoms with Crippen molar-refractivity contribution in [2.45, 2.75) is 23.5 Å². The molecule has 1 aliphatic heterocycles. The van der Waals surface area contributed by atoms with Gasteiger partial charge >= 0.3 is 0 Å². The maximum absolute atomic E-state index is 14.4. The Morgan fingerprint density at radius 2 is 1.74 bits per heavy atom. The van der Waals surface area contributed by atoms with Gasteiger partial charge in [0.1, 0.15) is 5.60 Å². The van der Waals surface area contributed by atoms with Crippen molar-refractivity contribution in [1.82, 2.24) is 4.90 Å². The molecule has 0 bridgehead atoms. The lowest BCUT2D eigenvalue weighted by molar-refractivity contribution is -0.136. The lowest BCUT2D eigenvalue weighted by Crippen LogP contribution is -2.58. The number of methoxy groups -OCH3 is 2. The van der Waals surface area contributed by atoms with E-state index < -0.39 is 27.6 Å². The molecule has 1 amide bonds. The van der Waals surface area contributed by atoms with Gasteiger partial charge in [-0.2, -0.15) is 0 Å². The zero-order valence-electron chi connectivity index (χ0n) is 21.6. The number of benzene rings is 3. The molecule has 3 aromatic carbocycles. The highest BCUT2D eigenvalue weighted by Crippen LogP contribution is 2.52. The van der Waals surface area contributed by atoms with Gasteiger partial charge in [-0.25, -0.2) is 12.7 Å². The molecule has 0 saturated heterocycles. The van der Waals surface area contributed by atoms with E-state index in [1.165, 1.54) is 55.5 Å². The van der Waals surface area contributed by atoms with E-state index in [2.05, 4.69) is 0 Å². The fourth-order valence-electron chi connectivity index (χ4n) is 4.92. The average molecular weight is 595 g/mol. The number of sulfonamides is 1. The highest BCUT2D eigenvalue weighted by Gasteiger charge is 2.60. The van der Waals surface area contributed by atoms with Gasteiger partial charge < -0.3 is 25.2 Å². The molecule has 2 unspecified atom stereocenters. The second kappa shape index (κ2) is 11.2. The molecule has 0 spiro atoms. The normalized spacial score (nSPS) is 18.5. The van der Waals surface area contributed by atoms with Crippen LogP contribution in [0, 0.1) is 0 Å². The molecule has 12 heteroatoms. The van der Waals surface area contributed by atoms with E-state index in [0.29, 0.717) is 5.75 Å². The largest absolute Gasteiger partial charge is 0.493 e. The number of ether oxygens (including phenoxy) is 2. The number of rotatable bonds is 9. The summed E-state index contributed by atoms with van der Waals surface area (Å²) in [5.41, 5.74) is 3.93. The van der Waals surface area contributed by atoms with Crippen molar-refractivity contribution < 1.29 is 27.8 Å². The number of nitrogens with zero attached hydrogens (tertiary/aromatic N) is 2. The molecule has 3 aromatic rings. The third-order valence-electron chi connectivity index (χ3n) is 6.76. The molecule has 1 heterocycles. The number of fused-ring (bicyclic) bond motifs is 1. The Labute approximate surface area is 237 Å². The van der Waals surface area contributed by atoms with Crippen molar-refractivity contribution in [1.29, 1.82) is 0 Å². The van der Waals surface area contributed by atoms with Gasteiger partial charge in [0.15, 0.2) is 17.5 Å². The number of hydrogen-bond acceptors (Lipinski definition) is 7. The lowest BCUT2D eigenvalue weighted by atomic mass is 9.82. The van der Waals surface area contributed by atoms with Crippen molar-refractivity contribution >= 4 is 44.8 Å². The molecular weight excluding hydrogens is 565 g/mol. The van der Waals surface area contributed by atoms with Crippen LogP contribution in [0.5, 0.6) is 11.5 Å². The zero-order chi connectivity index (χ0) is 28.5. The standard InChI is InChI=1S/C27H29Cl2N3O6S/c1-4-31(14-13-30)26(33)25-27(34,19-7-5-6-8-21(19)29)20-15-17(28)9-11-22(20)32(25)39(35,36)18-10-12-23(37-2)24(16-18)38-3/h5-12,15-16,25,34H,4,13-14,30H2,1-3H3. The Bertz CT molecular complexity index is 1500. The second-order valence-electron chi connectivity index (χ2n) is 8.83.